The first-order valence-corrected chi connectivity index (χ1v) is 8.00. The number of benzene rings is 1. The number of furan rings is 1. The summed E-state index contributed by atoms with van der Waals surface area (Å²) < 4.78 is 5.37. The first-order valence-electron chi connectivity index (χ1n) is 8.00. The molecule has 0 fully saturated rings. The lowest BCUT2D eigenvalue weighted by Gasteiger charge is -2.09. The summed E-state index contributed by atoms with van der Waals surface area (Å²) in [5.41, 5.74) is 2.74. The van der Waals surface area contributed by atoms with Crippen LogP contribution in [0.1, 0.15) is 5.76 Å². The van der Waals surface area contributed by atoms with Gasteiger partial charge in [0.05, 0.1) is 18.5 Å². The van der Waals surface area contributed by atoms with Crippen LogP contribution in [-0.4, -0.2) is 15.0 Å². The summed E-state index contributed by atoms with van der Waals surface area (Å²) in [4.78, 5) is 13.5. The van der Waals surface area contributed by atoms with Crippen LogP contribution in [0.15, 0.2) is 83.7 Å². The second-order valence-electron chi connectivity index (χ2n) is 5.50. The van der Waals surface area contributed by atoms with Gasteiger partial charge in [0.25, 0.3) is 0 Å². The van der Waals surface area contributed by atoms with Gasteiger partial charge in [-0.15, -0.1) is 0 Å². The third kappa shape index (κ3) is 3.55. The maximum absolute atomic E-state index is 5.37. The van der Waals surface area contributed by atoms with Gasteiger partial charge in [-0.25, -0.2) is 9.97 Å². The fraction of sp³-hybridized carbons (Fsp3) is 0.0500. The maximum atomic E-state index is 5.37. The zero-order valence-electron chi connectivity index (χ0n) is 13.5. The van der Waals surface area contributed by atoms with Crippen molar-refractivity contribution in [1.82, 2.24) is 15.0 Å². The molecule has 5 heteroatoms. The number of hydrogen-bond acceptors (Lipinski definition) is 5. The number of hydrogen-bond donors (Lipinski definition) is 1. The molecule has 122 valence electrons. The minimum Gasteiger partial charge on any atom is -0.467 e. The Balaban J connectivity index is 1.72. The van der Waals surface area contributed by atoms with Crippen LogP contribution < -0.4 is 5.32 Å². The van der Waals surface area contributed by atoms with Gasteiger partial charge in [0.2, 0.25) is 0 Å². The number of rotatable bonds is 5. The number of nitrogens with zero attached hydrogens (tertiary/aromatic N) is 3. The first-order chi connectivity index (χ1) is 12.4. The van der Waals surface area contributed by atoms with Gasteiger partial charge in [-0.3, -0.25) is 4.98 Å². The molecule has 0 saturated heterocycles. The lowest BCUT2D eigenvalue weighted by atomic mass is 10.1. The zero-order chi connectivity index (χ0) is 16.9. The van der Waals surface area contributed by atoms with Crippen LogP contribution in [0.2, 0.25) is 0 Å². The van der Waals surface area contributed by atoms with E-state index >= 15 is 0 Å². The van der Waals surface area contributed by atoms with E-state index in [9.17, 15) is 0 Å². The van der Waals surface area contributed by atoms with Crippen molar-refractivity contribution in [2.45, 2.75) is 6.54 Å². The SMILES string of the molecule is c1ccc(-c2nc(NCc3ccco3)cc(-c3cccnc3)n2)cc1. The highest BCUT2D eigenvalue weighted by molar-refractivity contribution is 5.66. The topological polar surface area (TPSA) is 63.8 Å². The Hall–Kier alpha value is -3.47. The van der Waals surface area contributed by atoms with Crippen LogP contribution >= 0.6 is 0 Å². The molecule has 0 amide bonds. The van der Waals surface area contributed by atoms with Crippen LogP contribution in [0.5, 0.6) is 0 Å². The summed E-state index contributed by atoms with van der Waals surface area (Å²) in [7, 11) is 0. The van der Waals surface area contributed by atoms with E-state index in [2.05, 4.69) is 15.3 Å². The fourth-order valence-electron chi connectivity index (χ4n) is 2.51. The molecule has 1 aromatic carbocycles. The van der Waals surface area contributed by atoms with Crippen molar-refractivity contribution in [1.29, 1.82) is 0 Å². The summed E-state index contributed by atoms with van der Waals surface area (Å²) in [6, 6.07) is 19.5. The van der Waals surface area contributed by atoms with E-state index in [1.54, 1.807) is 18.7 Å². The predicted molar refractivity (Wildman–Crippen MR) is 96.7 cm³/mol. The van der Waals surface area contributed by atoms with Gasteiger partial charge in [0.15, 0.2) is 5.82 Å². The molecule has 4 aromatic rings. The smallest absolute Gasteiger partial charge is 0.162 e. The molecule has 0 saturated carbocycles. The third-order valence-corrected chi connectivity index (χ3v) is 3.74. The minimum atomic E-state index is 0.560. The largest absolute Gasteiger partial charge is 0.467 e. The highest BCUT2D eigenvalue weighted by Gasteiger charge is 2.09. The Bertz CT molecular complexity index is 880. The van der Waals surface area contributed by atoms with Gasteiger partial charge in [-0.05, 0) is 24.3 Å². The molecular weight excluding hydrogens is 312 g/mol. The van der Waals surface area contributed by atoms with E-state index in [1.165, 1.54) is 0 Å². The summed E-state index contributed by atoms with van der Waals surface area (Å²) in [6.07, 6.45) is 5.21. The number of pyridine rings is 1. The number of nitrogens with one attached hydrogen (secondary N) is 1. The second kappa shape index (κ2) is 6.97. The van der Waals surface area contributed by atoms with Gasteiger partial charge in [0.1, 0.15) is 11.6 Å². The van der Waals surface area contributed by atoms with Crippen molar-refractivity contribution < 1.29 is 4.42 Å². The average Bonchev–Trinajstić information content (AvgIpc) is 3.21. The summed E-state index contributed by atoms with van der Waals surface area (Å²) >= 11 is 0. The molecule has 3 aromatic heterocycles. The van der Waals surface area contributed by atoms with Crippen LogP contribution in [0.25, 0.3) is 22.6 Å². The fourth-order valence-corrected chi connectivity index (χ4v) is 2.51. The molecule has 1 N–H and O–H groups in total. The monoisotopic (exact) mass is 328 g/mol. The Kier molecular flexibility index (Phi) is 4.20. The molecular formula is C20H16N4O. The van der Waals surface area contributed by atoms with Gasteiger partial charge in [-0.1, -0.05) is 30.3 Å². The van der Waals surface area contributed by atoms with Crippen LogP contribution in [-0.2, 0) is 6.54 Å². The number of aromatic nitrogens is 3. The molecule has 0 unspecified atom stereocenters. The van der Waals surface area contributed by atoms with E-state index in [-0.39, 0.29) is 0 Å². The molecule has 3 heterocycles. The molecule has 0 aliphatic rings. The van der Waals surface area contributed by atoms with Gasteiger partial charge in [-0.2, -0.15) is 0 Å². The van der Waals surface area contributed by atoms with Crippen LogP contribution in [0.4, 0.5) is 5.82 Å². The lowest BCUT2D eigenvalue weighted by Crippen LogP contribution is -2.03. The Morgan fingerprint density at radius 3 is 2.52 bits per heavy atom. The molecule has 25 heavy (non-hydrogen) atoms. The normalized spacial score (nSPS) is 10.6. The zero-order valence-corrected chi connectivity index (χ0v) is 13.5. The summed E-state index contributed by atoms with van der Waals surface area (Å²) in [6.45, 7) is 0.560. The molecule has 0 spiro atoms. The van der Waals surface area contributed by atoms with E-state index in [4.69, 9.17) is 9.40 Å². The number of anilines is 1. The van der Waals surface area contributed by atoms with E-state index < -0.39 is 0 Å². The lowest BCUT2D eigenvalue weighted by molar-refractivity contribution is 0.518. The standard InChI is InChI=1S/C20H16N4O/c1-2-6-15(7-3-1)20-23-18(16-8-4-10-21-13-16)12-19(24-20)22-14-17-9-5-11-25-17/h1-13H,14H2,(H,22,23,24). The Morgan fingerprint density at radius 1 is 0.880 bits per heavy atom. The van der Waals surface area contributed by atoms with Crippen molar-refractivity contribution in [3.05, 3.63) is 85.1 Å². The van der Waals surface area contributed by atoms with Crippen LogP contribution in [0.3, 0.4) is 0 Å². The highest BCUT2D eigenvalue weighted by atomic mass is 16.3. The third-order valence-electron chi connectivity index (χ3n) is 3.74. The molecule has 0 atom stereocenters. The van der Waals surface area contributed by atoms with Crippen molar-refractivity contribution in [3.63, 3.8) is 0 Å². The molecule has 0 aliphatic heterocycles. The molecule has 4 rings (SSSR count). The second-order valence-corrected chi connectivity index (χ2v) is 5.50. The van der Waals surface area contributed by atoms with Gasteiger partial charge < -0.3 is 9.73 Å². The van der Waals surface area contributed by atoms with Gasteiger partial charge >= 0.3 is 0 Å². The first kappa shape index (κ1) is 15.1. The van der Waals surface area contributed by atoms with E-state index in [0.717, 1.165) is 28.4 Å². The van der Waals surface area contributed by atoms with Crippen molar-refractivity contribution in [2.75, 3.05) is 5.32 Å². The molecule has 0 bridgehead atoms. The molecule has 0 radical (unpaired) electrons. The minimum absolute atomic E-state index is 0.560. The average molecular weight is 328 g/mol. The van der Waals surface area contributed by atoms with Crippen molar-refractivity contribution >= 4 is 5.82 Å². The maximum Gasteiger partial charge on any atom is 0.162 e. The summed E-state index contributed by atoms with van der Waals surface area (Å²) in [5, 5.41) is 3.30. The van der Waals surface area contributed by atoms with Gasteiger partial charge in [0, 0.05) is 29.6 Å². The van der Waals surface area contributed by atoms with Crippen molar-refractivity contribution in [3.8, 4) is 22.6 Å². The summed E-state index contributed by atoms with van der Waals surface area (Å²) in [5.74, 6) is 2.26. The quantitative estimate of drug-likeness (QED) is 0.588. The van der Waals surface area contributed by atoms with Crippen molar-refractivity contribution in [2.24, 2.45) is 0 Å². The molecule has 0 aliphatic carbocycles. The Morgan fingerprint density at radius 2 is 1.76 bits per heavy atom. The van der Waals surface area contributed by atoms with Crippen LogP contribution in [0, 0.1) is 0 Å². The van der Waals surface area contributed by atoms with E-state index in [1.807, 2.05) is 60.7 Å². The molecule has 5 nitrogen and oxygen atoms in total. The highest BCUT2D eigenvalue weighted by Crippen LogP contribution is 2.24. The predicted octanol–water partition coefficient (Wildman–Crippen LogP) is 4.41. The van der Waals surface area contributed by atoms with E-state index in [0.29, 0.717) is 12.4 Å². The Labute approximate surface area is 145 Å².